The largest absolute Gasteiger partial charge is 0.497 e. The van der Waals surface area contributed by atoms with Gasteiger partial charge >= 0.3 is 0 Å². The molecular formula is C22H14F2N4O3. The summed E-state index contributed by atoms with van der Waals surface area (Å²) in [7, 11) is 1.52. The van der Waals surface area contributed by atoms with Crippen LogP contribution in [0.5, 0.6) is 5.75 Å². The first kappa shape index (κ1) is 18.9. The van der Waals surface area contributed by atoms with Crippen molar-refractivity contribution in [1.29, 1.82) is 0 Å². The number of amides is 2. The van der Waals surface area contributed by atoms with Crippen molar-refractivity contribution in [3.8, 4) is 11.4 Å². The molecule has 2 aromatic heterocycles. The summed E-state index contributed by atoms with van der Waals surface area (Å²) in [5, 5.41) is 4.68. The fourth-order valence-electron chi connectivity index (χ4n) is 3.77. The van der Waals surface area contributed by atoms with Gasteiger partial charge in [0, 0.05) is 12.3 Å². The van der Waals surface area contributed by atoms with Crippen molar-refractivity contribution in [2.24, 2.45) is 0 Å². The lowest BCUT2D eigenvalue weighted by Gasteiger charge is -2.14. The molecule has 0 N–H and O–H groups in total. The van der Waals surface area contributed by atoms with Gasteiger partial charge in [0.25, 0.3) is 11.8 Å². The van der Waals surface area contributed by atoms with E-state index in [0.29, 0.717) is 22.5 Å². The van der Waals surface area contributed by atoms with E-state index in [1.54, 1.807) is 31.2 Å². The minimum absolute atomic E-state index is 0.117. The van der Waals surface area contributed by atoms with E-state index >= 15 is 0 Å². The summed E-state index contributed by atoms with van der Waals surface area (Å²) in [6.07, 6.45) is 1.29. The number of fused-ring (bicyclic) bond motifs is 3. The van der Waals surface area contributed by atoms with Crippen molar-refractivity contribution >= 4 is 28.5 Å². The van der Waals surface area contributed by atoms with Gasteiger partial charge in [-0.15, -0.1) is 0 Å². The van der Waals surface area contributed by atoms with Gasteiger partial charge in [-0.25, -0.2) is 23.3 Å². The summed E-state index contributed by atoms with van der Waals surface area (Å²) in [5.41, 5.74) is 1.43. The second-order valence-electron chi connectivity index (χ2n) is 7.01. The Morgan fingerprint density at radius 3 is 2.26 bits per heavy atom. The van der Waals surface area contributed by atoms with Crippen molar-refractivity contribution < 1.29 is 23.1 Å². The molecule has 1 aliphatic heterocycles. The van der Waals surface area contributed by atoms with Gasteiger partial charge < -0.3 is 4.74 Å². The van der Waals surface area contributed by atoms with Crippen LogP contribution in [0.4, 0.5) is 14.5 Å². The number of methoxy groups -OCH3 is 1. The van der Waals surface area contributed by atoms with Crippen LogP contribution in [0.25, 0.3) is 16.7 Å². The van der Waals surface area contributed by atoms with Crippen molar-refractivity contribution in [1.82, 2.24) is 14.8 Å². The number of ether oxygens (including phenoxy) is 1. The third-order valence-corrected chi connectivity index (χ3v) is 5.14. The number of aromatic nitrogens is 3. The van der Waals surface area contributed by atoms with E-state index in [0.717, 1.165) is 23.1 Å². The summed E-state index contributed by atoms with van der Waals surface area (Å²) in [4.78, 5) is 31.6. The van der Waals surface area contributed by atoms with E-state index in [1.165, 1.54) is 18.0 Å². The minimum atomic E-state index is -0.769. The molecule has 4 aromatic rings. The molecule has 0 bridgehead atoms. The topological polar surface area (TPSA) is 77.3 Å². The van der Waals surface area contributed by atoms with Gasteiger partial charge in [-0.1, -0.05) is 0 Å². The van der Waals surface area contributed by atoms with Crippen LogP contribution < -0.4 is 9.64 Å². The summed E-state index contributed by atoms with van der Waals surface area (Å²) in [6, 6.07) is 9.49. The third kappa shape index (κ3) is 2.77. The van der Waals surface area contributed by atoms with Gasteiger partial charge in [0.15, 0.2) is 5.65 Å². The molecule has 0 unspecified atom stereocenters. The average molecular weight is 420 g/mol. The maximum absolute atomic E-state index is 13.7. The number of halogens is 2. The first-order valence-electron chi connectivity index (χ1n) is 9.26. The average Bonchev–Trinajstić information content (AvgIpc) is 3.21. The summed E-state index contributed by atoms with van der Waals surface area (Å²) in [6.45, 7) is 1.64. The zero-order valence-electron chi connectivity index (χ0n) is 16.4. The molecule has 31 heavy (non-hydrogen) atoms. The zero-order chi connectivity index (χ0) is 21.9. The van der Waals surface area contributed by atoms with Crippen LogP contribution >= 0.6 is 0 Å². The number of nitrogens with zero attached hydrogens (tertiary/aromatic N) is 4. The van der Waals surface area contributed by atoms with Crippen LogP contribution in [0.15, 0.2) is 48.7 Å². The highest BCUT2D eigenvalue weighted by Gasteiger charge is 2.40. The van der Waals surface area contributed by atoms with E-state index in [2.05, 4.69) is 10.1 Å². The molecule has 0 spiro atoms. The minimum Gasteiger partial charge on any atom is -0.497 e. The van der Waals surface area contributed by atoms with Crippen LogP contribution in [0.2, 0.25) is 0 Å². The fourth-order valence-corrected chi connectivity index (χ4v) is 3.77. The lowest BCUT2D eigenvalue weighted by Crippen LogP contribution is -2.29. The SMILES string of the molecule is COc1ccc(N2C(=O)c3cnc4c(c(C)nn4-c4cc(F)cc(F)c4)c3C2=O)cc1. The van der Waals surface area contributed by atoms with Crippen LogP contribution in [0.1, 0.15) is 26.4 Å². The van der Waals surface area contributed by atoms with Gasteiger partial charge in [-0.2, -0.15) is 5.10 Å². The van der Waals surface area contributed by atoms with E-state index in [4.69, 9.17) is 4.74 Å². The number of hydrogen-bond acceptors (Lipinski definition) is 5. The number of aryl methyl sites for hydroxylation is 1. The molecule has 2 amide bonds. The number of carbonyl (C=O) groups excluding carboxylic acids is 2. The highest BCUT2D eigenvalue weighted by atomic mass is 19.1. The Balaban J connectivity index is 1.68. The smallest absolute Gasteiger partial charge is 0.267 e. The Kier molecular flexibility index (Phi) is 4.07. The summed E-state index contributed by atoms with van der Waals surface area (Å²) >= 11 is 0. The van der Waals surface area contributed by atoms with Gasteiger partial charge in [0.1, 0.15) is 17.4 Å². The first-order chi connectivity index (χ1) is 14.9. The van der Waals surface area contributed by atoms with E-state index in [1.807, 2.05) is 0 Å². The van der Waals surface area contributed by atoms with Crippen LogP contribution in [-0.4, -0.2) is 33.7 Å². The van der Waals surface area contributed by atoms with E-state index in [9.17, 15) is 18.4 Å². The number of imide groups is 1. The molecular weight excluding hydrogens is 406 g/mol. The van der Waals surface area contributed by atoms with E-state index in [-0.39, 0.29) is 22.5 Å². The van der Waals surface area contributed by atoms with Crippen LogP contribution in [0.3, 0.4) is 0 Å². The highest BCUT2D eigenvalue weighted by molar-refractivity contribution is 6.37. The first-order valence-corrected chi connectivity index (χ1v) is 9.26. The van der Waals surface area contributed by atoms with Gasteiger partial charge in [-0.05, 0) is 43.3 Å². The normalized spacial score (nSPS) is 13.2. The molecule has 154 valence electrons. The molecule has 2 aromatic carbocycles. The van der Waals surface area contributed by atoms with Crippen molar-refractivity contribution in [2.45, 2.75) is 6.92 Å². The number of rotatable bonds is 3. The summed E-state index contributed by atoms with van der Waals surface area (Å²) < 4.78 is 33.8. The van der Waals surface area contributed by atoms with E-state index < -0.39 is 23.4 Å². The molecule has 0 fully saturated rings. The van der Waals surface area contributed by atoms with Crippen LogP contribution in [0, 0.1) is 18.6 Å². The van der Waals surface area contributed by atoms with Gasteiger partial charge in [-0.3, -0.25) is 9.59 Å². The lowest BCUT2D eigenvalue weighted by molar-refractivity contribution is 0.0926. The maximum Gasteiger partial charge on any atom is 0.267 e. The molecule has 0 saturated heterocycles. The molecule has 7 nitrogen and oxygen atoms in total. The lowest BCUT2D eigenvalue weighted by atomic mass is 10.1. The second-order valence-corrected chi connectivity index (χ2v) is 7.01. The number of pyridine rings is 1. The zero-order valence-corrected chi connectivity index (χ0v) is 16.4. The third-order valence-electron chi connectivity index (χ3n) is 5.14. The van der Waals surface area contributed by atoms with Crippen molar-refractivity contribution in [2.75, 3.05) is 12.0 Å². The molecule has 0 radical (unpaired) electrons. The Bertz CT molecular complexity index is 1380. The molecule has 0 aliphatic carbocycles. The Hall–Kier alpha value is -4.14. The molecule has 3 heterocycles. The Morgan fingerprint density at radius 2 is 1.61 bits per heavy atom. The number of benzene rings is 2. The molecule has 1 aliphatic rings. The van der Waals surface area contributed by atoms with Gasteiger partial charge in [0.2, 0.25) is 0 Å². The highest BCUT2D eigenvalue weighted by Crippen LogP contribution is 2.35. The van der Waals surface area contributed by atoms with Gasteiger partial charge in [0.05, 0.1) is 40.7 Å². The monoisotopic (exact) mass is 420 g/mol. The molecule has 9 heteroatoms. The quantitative estimate of drug-likeness (QED) is 0.471. The standard InChI is InChI=1S/C22H14F2N4O3/c1-11-18-19-17(21(29)27(22(19)30)14-3-5-16(31-2)6-4-14)10-25-20(18)28(26-11)15-8-12(23)7-13(24)9-15/h3-10H,1-2H3. The number of hydrogen-bond donors (Lipinski definition) is 0. The molecule has 5 rings (SSSR count). The number of carbonyl (C=O) groups is 2. The van der Waals surface area contributed by atoms with Crippen molar-refractivity contribution in [3.05, 3.63) is 77.1 Å². The maximum atomic E-state index is 13.7. The predicted octanol–water partition coefficient (Wildman–Crippen LogP) is 3.82. The summed E-state index contributed by atoms with van der Waals surface area (Å²) in [5.74, 6) is -1.98. The van der Waals surface area contributed by atoms with Crippen LogP contribution in [-0.2, 0) is 0 Å². The predicted molar refractivity (Wildman–Crippen MR) is 108 cm³/mol. The fraction of sp³-hybridized carbons (Fsp3) is 0.0909. The number of anilines is 1. The molecule has 0 saturated carbocycles. The molecule has 0 atom stereocenters. The Morgan fingerprint density at radius 1 is 0.935 bits per heavy atom. The Labute approximate surface area is 174 Å². The van der Waals surface area contributed by atoms with Crippen molar-refractivity contribution in [3.63, 3.8) is 0 Å². The second kappa shape index (κ2) is 6.69.